The summed E-state index contributed by atoms with van der Waals surface area (Å²) in [6.45, 7) is 1.65. The van der Waals surface area contributed by atoms with Crippen LogP contribution in [0.4, 0.5) is 4.39 Å². The van der Waals surface area contributed by atoms with Crippen molar-refractivity contribution < 1.29 is 4.39 Å². The van der Waals surface area contributed by atoms with Gasteiger partial charge in [0, 0.05) is 25.7 Å². The van der Waals surface area contributed by atoms with Crippen molar-refractivity contribution in [2.24, 2.45) is 0 Å². The third-order valence-electron chi connectivity index (χ3n) is 2.60. The van der Waals surface area contributed by atoms with E-state index < -0.39 is 0 Å². The quantitative estimate of drug-likeness (QED) is 0.854. The molecule has 0 unspecified atom stereocenters. The number of halogens is 1. The number of hydrogen-bond donors (Lipinski definition) is 1. The van der Waals surface area contributed by atoms with Crippen LogP contribution in [-0.4, -0.2) is 23.1 Å². The maximum atomic E-state index is 12.7. The van der Waals surface area contributed by atoms with Crippen LogP contribution in [0, 0.1) is 5.82 Å². The molecule has 0 spiro atoms. The molecule has 0 aliphatic carbocycles. The van der Waals surface area contributed by atoms with Crippen LogP contribution in [0.1, 0.15) is 11.3 Å². The lowest BCUT2D eigenvalue weighted by Gasteiger charge is -2.01. The highest BCUT2D eigenvalue weighted by molar-refractivity contribution is 5.16. The monoisotopic (exact) mass is 233 g/mol. The molecule has 0 bridgehead atoms. The zero-order valence-electron chi connectivity index (χ0n) is 9.86. The summed E-state index contributed by atoms with van der Waals surface area (Å²) >= 11 is 0. The highest BCUT2D eigenvalue weighted by Gasteiger charge is 1.99. The number of hydrogen-bond acceptors (Lipinski definition) is 2. The summed E-state index contributed by atoms with van der Waals surface area (Å²) in [5, 5.41) is 3.09. The molecule has 0 amide bonds. The van der Waals surface area contributed by atoms with E-state index in [9.17, 15) is 4.39 Å². The Morgan fingerprint density at radius 3 is 2.76 bits per heavy atom. The summed E-state index contributed by atoms with van der Waals surface area (Å²) < 4.78 is 14.8. The van der Waals surface area contributed by atoms with E-state index in [1.807, 2.05) is 24.1 Å². The first-order chi connectivity index (χ1) is 8.28. The molecule has 90 valence electrons. The van der Waals surface area contributed by atoms with E-state index in [1.165, 1.54) is 12.1 Å². The number of imidazole rings is 1. The molecule has 2 rings (SSSR count). The second-order valence-electron chi connectivity index (χ2n) is 4.02. The van der Waals surface area contributed by atoms with E-state index in [0.29, 0.717) is 0 Å². The summed E-state index contributed by atoms with van der Waals surface area (Å²) in [6.07, 6.45) is 4.77. The van der Waals surface area contributed by atoms with Crippen LogP contribution < -0.4 is 5.32 Å². The largest absolute Gasteiger partial charge is 0.333 e. The molecule has 0 radical (unpaired) electrons. The van der Waals surface area contributed by atoms with Gasteiger partial charge in [0.2, 0.25) is 0 Å². The lowest BCUT2D eigenvalue weighted by Crippen LogP contribution is -2.10. The highest BCUT2D eigenvalue weighted by Crippen LogP contribution is 2.06. The molecule has 0 aliphatic rings. The smallest absolute Gasteiger partial charge is 0.123 e. The van der Waals surface area contributed by atoms with E-state index >= 15 is 0 Å². The number of nitrogens with one attached hydrogen (secondary N) is 1. The van der Waals surface area contributed by atoms with Gasteiger partial charge in [0.15, 0.2) is 0 Å². The molecule has 1 heterocycles. The fourth-order valence-electron chi connectivity index (χ4n) is 1.68. The van der Waals surface area contributed by atoms with Crippen LogP contribution in [0.25, 0.3) is 0 Å². The molecule has 0 fully saturated rings. The molecular weight excluding hydrogens is 217 g/mol. The minimum atomic E-state index is -0.200. The third-order valence-corrected chi connectivity index (χ3v) is 2.60. The zero-order chi connectivity index (χ0) is 12.1. The van der Waals surface area contributed by atoms with Crippen molar-refractivity contribution in [3.8, 4) is 0 Å². The molecule has 17 heavy (non-hydrogen) atoms. The average Bonchev–Trinajstić information content (AvgIpc) is 2.77. The standard InChI is InChI=1S/C13H16FN3/c1-15-7-6-13-9-17(10-16-13)8-11-2-4-12(14)5-3-11/h2-5,9-10,15H,6-8H2,1H3. The maximum Gasteiger partial charge on any atom is 0.123 e. The van der Waals surface area contributed by atoms with Crippen molar-refractivity contribution >= 4 is 0 Å². The molecular formula is C13H16FN3. The van der Waals surface area contributed by atoms with Crippen LogP contribution >= 0.6 is 0 Å². The average molecular weight is 233 g/mol. The van der Waals surface area contributed by atoms with Gasteiger partial charge in [0.1, 0.15) is 5.82 Å². The van der Waals surface area contributed by atoms with Gasteiger partial charge in [-0.1, -0.05) is 12.1 Å². The molecule has 2 aromatic rings. The fourth-order valence-corrected chi connectivity index (χ4v) is 1.68. The minimum absolute atomic E-state index is 0.200. The zero-order valence-corrected chi connectivity index (χ0v) is 9.86. The van der Waals surface area contributed by atoms with Crippen LogP contribution in [0.15, 0.2) is 36.8 Å². The molecule has 0 aliphatic heterocycles. The highest BCUT2D eigenvalue weighted by atomic mass is 19.1. The summed E-state index contributed by atoms with van der Waals surface area (Å²) in [4.78, 5) is 4.32. The molecule has 0 saturated heterocycles. The van der Waals surface area contributed by atoms with E-state index in [2.05, 4.69) is 10.3 Å². The molecule has 3 nitrogen and oxygen atoms in total. The number of likely N-dealkylation sites (N-methyl/N-ethyl adjacent to an activating group) is 1. The summed E-state index contributed by atoms with van der Waals surface area (Å²) in [5.74, 6) is -0.200. The van der Waals surface area contributed by atoms with Crippen molar-refractivity contribution in [2.75, 3.05) is 13.6 Å². The van der Waals surface area contributed by atoms with Crippen molar-refractivity contribution in [3.05, 3.63) is 53.9 Å². The Labute approximate surface area is 100 Å². The van der Waals surface area contributed by atoms with Gasteiger partial charge in [0.05, 0.1) is 12.0 Å². The number of nitrogens with zero attached hydrogens (tertiary/aromatic N) is 2. The molecule has 4 heteroatoms. The second-order valence-corrected chi connectivity index (χ2v) is 4.02. The van der Waals surface area contributed by atoms with E-state index in [1.54, 1.807) is 12.1 Å². The lowest BCUT2D eigenvalue weighted by molar-refractivity contribution is 0.626. The van der Waals surface area contributed by atoms with Gasteiger partial charge in [0.25, 0.3) is 0 Å². The van der Waals surface area contributed by atoms with Gasteiger partial charge >= 0.3 is 0 Å². The van der Waals surface area contributed by atoms with Crippen LogP contribution in [0.5, 0.6) is 0 Å². The second kappa shape index (κ2) is 5.59. The van der Waals surface area contributed by atoms with Crippen molar-refractivity contribution in [1.29, 1.82) is 0 Å². The molecule has 1 aromatic heterocycles. The van der Waals surface area contributed by atoms with Gasteiger partial charge in [-0.05, 0) is 24.7 Å². The first-order valence-electron chi connectivity index (χ1n) is 5.67. The van der Waals surface area contributed by atoms with Crippen molar-refractivity contribution in [3.63, 3.8) is 0 Å². The lowest BCUT2D eigenvalue weighted by atomic mass is 10.2. The number of benzene rings is 1. The Morgan fingerprint density at radius 1 is 1.29 bits per heavy atom. The fraction of sp³-hybridized carbons (Fsp3) is 0.308. The third kappa shape index (κ3) is 3.39. The Bertz CT molecular complexity index is 462. The number of aromatic nitrogens is 2. The Morgan fingerprint density at radius 2 is 2.06 bits per heavy atom. The normalized spacial score (nSPS) is 10.7. The summed E-state index contributed by atoms with van der Waals surface area (Å²) in [5.41, 5.74) is 2.14. The van der Waals surface area contributed by atoms with Crippen molar-refractivity contribution in [2.45, 2.75) is 13.0 Å². The Balaban J connectivity index is 1.98. The Kier molecular flexibility index (Phi) is 3.88. The van der Waals surface area contributed by atoms with E-state index in [0.717, 1.165) is 30.8 Å². The first-order valence-corrected chi connectivity index (χ1v) is 5.67. The van der Waals surface area contributed by atoms with Crippen LogP contribution in [0.3, 0.4) is 0 Å². The van der Waals surface area contributed by atoms with Gasteiger partial charge in [-0.15, -0.1) is 0 Å². The predicted octanol–water partition coefficient (Wildman–Crippen LogP) is 1.83. The van der Waals surface area contributed by atoms with E-state index in [-0.39, 0.29) is 5.82 Å². The van der Waals surface area contributed by atoms with Crippen LogP contribution in [-0.2, 0) is 13.0 Å². The summed E-state index contributed by atoms with van der Waals surface area (Å²) in [6, 6.07) is 6.55. The molecule has 1 N–H and O–H groups in total. The SMILES string of the molecule is CNCCc1cn(Cc2ccc(F)cc2)cn1. The first kappa shape index (κ1) is 11.8. The van der Waals surface area contributed by atoms with E-state index in [4.69, 9.17) is 0 Å². The molecule has 1 aromatic carbocycles. The van der Waals surface area contributed by atoms with Gasteiger partial charge in [-0.3, -0.25) is 0 Å². The molecule has 0 saturated carbocycles. The van der Waals surface area contributed by atoms with Crippen LogP contribution in [0.2, 0.25) is 0 Å². The maximum absolute atomic E-state index is 12.7. The Hall–Kier alpha value is -1.68. The topological polar surface area (TPSA) is 29.9 Å². The summed E-state index contributed by atoms with van der Waals surface area (Å²) in [7, 11) is 1.93. The van der Waals surface area contributed by atoms with Gasteiger partial charge in [-0.25, -0.2) is 9.37 Å². The van der Waals surface area contributed by atoms with Gasteiger partial charge < -0.3 is 9.88 Å². The number of rotatable bonds is 5. The van der Waals surface area contributed by atoms with Gasteiger partial charge in [-0.2, -0.15) is 0 Å². The van der Waals surface area contributed by atoms with Crippen molar-refractivity contribution in [1.82, 2.24) is 14.9 Å². The molecule has 0 atom stereocenters. The predicted molar refractivity (Wildman–Crippen MR) is 65.4 cm³/mol. The minimum Gasteiger partial charge on any atom is -0.333 e.